The second-order valence-corrected chi connectivity index (χ2v) is 9.38. The van der Waals surface area contributed by atoms with Gasteiger partial charge in [-0.15, -0.1) is 0 Å². The number of amides is 3. The summed E-state index contributed by atoms with van der Waals surface area (Å²) >= 11 is 0. The van der Waals surface area contributed by atoms with Crippen LogP contribution in [0.1, 0.15) is 58.8 Å². The van der Waals surface area contributed by atoms with Crippen LogP contribution in [-0.2, 0) is 19.2 Å². The third kappa shape index (κ3) is 12.1. The molecule has 5 unspecified atom stereocenters. The molecule has 0 aromatic heterocycles. The van der Waals surface area contributed by atoms with Crippen molar-refractivity contribution in [1.82, 2.24) is 21.3 Å². The predicted octanol–water partition coefficient (Wildman–Crippen LogP) is -2.57. The molecule has 15 heteroatoms. The first-order valence-electron chi connectivity index (χ1n) is 12.9. The van der Waals surface area contributed by atoms with Gasteiger partial charge in [-0.25, -0.2) is 4.79 Å². The summed E-state index contributed by atoms with van der Waals surface area (Å²) in [7, 11) is 0. The molecule has 1 heterocycles. The smallest absolute Gasteiger partial charge is 0.326 e. The SMILES string of the molecule is CCC(C)C(NC(=O)C1CCCN1)C(=O)NC(CCCN=C(N)N)C(=O)NC(CCCN=C(N)N)C(=O)O. The van der Waals surface area contributed by atoms with Gasteiger partial charge >= 0.3 is 5.97 Å². The molecule has 5 atom stereocenters. The van der Waals surface area contributed by atoms with E-state index < -0.39 is 35.9 Å². The van der Waals surface area contributed by atoms with Crippen LogP contribution < -0.4 is 44.2 Å². The molecule has 0 radical (unpaired) electrons. The number of carbonyl (C=O) groups excluding carboxylic acids is 3. The lowest BCUT2D eigenvalue weighted by molar-refractivity contribution is -0.142. The van der Waals surface area contributed by atoms with Crippen molar-refractivity contribution in [2.45, 2.75) is 83.0 Å². The lowest BCUT2D eigenvalue weighted by Gasteiger charge is -2.28. The molecule has 0 spiro atoms. The van der Waals surface area contributed by atoms with Gasteiger partial charge in [0.05, 0.1) is 6.04 Å². The maximum Gasteiger partial charge on any atom is 0.326 e. The summed E-state index contributed by atoms with van der Waals surface area (Å²) in [6.45, 7) is 4.86. The van der Waals surface area contributed by atoms with Crippen LogP contribution >= 0.6 is 0 Å². The van der Waals surface area contributed by atoms with Gasteiger partial charge in [-0.05, 0) is 51.0 Å². The highest BCUT2D eigenvalue weighted by atomic mass is 16.4. The van der Waals surface area contributed by atoms with E-state index in [9.17, 15) is 24.3 Å². The van der Waals surface area contributed by atoms with Gasteiger partial charge in [0.2, 0.25) is 17.7 Å². The number of nitrogens with one attached hydrogen (secondary N) is 4. The quantitative estimate of drug-likeness (QED) is 0.0528. The van der Waals surface area contributed by atoms with Gasteiger partial charge in [0.25, 0.3) is 0 Å². The molecule has 1 fully saturated rings. The van der Waals surface area contributed by atoms with Gasteiger partial charge in [0.1, 0.15) is 18.1 Å². The summed E-state index contributed by atoms with van der Waals surface area (Å²) in [6.07, 6.45) is 3.02. The molecule has 1 aliphatic heterocycles. The molecule has 1 rings (SSSR count). The molecule has 38 heavy (non-hydrogen) atoms. The minimum atomic E-state index is -1.23. The summed E-state index contributed by atoms with van der Waals surface area (Å²) in [5.41, 5.74) is 21.3. The summed E-state index contributed by atoms with van der Waals surface area (Å²) in [5, 5.41) is 20.7. The zero-order valence-electron chi connectivity index (χ0n) is 22.2. The van der Waals surface area contributed by atoms with E-state index >= 15 is 0 Å². The van der Waals surface area contributed by atoms with Gasteiger partial charge in [0.15, 0.2) is 11.9 Å². The third-order valence-corrected chi connectivity index (χ3v) is 6.31. The zero-order valence-corrected chi connectivity index (χ0v) is 22.2. The summed E-state index contributed by atoms with van der Waals surface area (Å²) < 4.78 is 0. The van der Waals surface area contributed by atoms with E-state index in [4.69, 9.17) is 22.9 Å². The monoisotopic (exact) mass is 540 g/mol. The molecule has 0 aromatic carbocycles. The topological polar surface area (TPSA) is 265 Å². The van der Waals surface area contributed by atoms with E-state index in [1.165, 1.54) is 0 Å². The molecule has 13 N–H and O–H groups in total. The van der Waals surface area contributed by atoms with Crippen LogP contribution in [0.5, 0.6) is 0 Å². The highest BCUT2D eigenvalue weighted by Crippen LogP contribution is 2.12. The fourth-order valence-electron chi connectivity index (χ4n) is 3.93. The summed E-state index contributed by atoms with van der Waals surface area (Å²) in [4.78, 5) is 58.5. The number of rotatable bonds is 17. The van der Waals surface area contributed by atoms with Crippen molar-refractivity contribution in [1.29, 1.82) is 0 Å². The number of carbonyl (C=O) groups is 4. The Hall–Kier alpha value is -3.62. The standard InChI is InChI=1S/C23H44N10O5/c1-3-13(2)17(33-18(34)14-7-4-10-28-14)20(36)31-15(8-5-11-29-22(24)25)19(35)32-16(21(37)38)9-6-12-30-23(26)27/h13-17,28H,3-12H2,1-2H3,(H,31,36)(H,32,35)(H,33,34)(H,37,38)(H4,24,25,29)(H4,26,27,30). The highest BCUT2D eigenvalue weighted by Gasteiger charge is 2.33. The fourth-order valence-corrected chi connectivity index (χ4v) is 3.93. The molecule has 0 saturated carbocycles. The Labute approximate surface area is 223 Å². The summed E-state index contributed by atoms with van der Waals surface area (Å²) in [5.74, 6) is -3.16. The van der Waals surface area contributed by atoms with Gasteiger partial charge in [-0.1, -0.05) is 20.3 Å². The number of carboxylic acid groups (broad SMARTS) is 1. The number of nitrogens with two attached hydrogens (primary N) is 4. The van der Waals surface area contributed by atoms with Crippen molar-refractivity contribution < 1.29 is 24.3 Å². The van der Waals surface area contributed by atoms with Crippen molar-refractivity contribution in [3.63, 3.8) is 0 Å². The number of aliphatic carboxylic acids is 1. The minimum Gasteiger partial charge on any atom is -0.480 e. The van der Waals surface area contributed by atoms with Crippen LogP contribution in [0.25, 0.3) is 0 Å². The van der Waals surface area contributed by atoms with Crippen LogP contribution in [0.15, 0.2) is 9.98 Å². The predicted molar refractivity (Wildman–Crippen MR) is 144 cm³/mol. The summed E-state index contributed by atoms with van der Waals surface area (Å²) in [6, 6.07) is -3.54. The number of hydrogen-bond acceptors (Lipinski definition) is 7. The first kappa shape index (κ1) is 32.4. The lowest BCUT2D eigenvalue weighted by Crippen LogP contribution is -2.58. The number of aliphatic imine (C=N–C) groups is 2. The van der Waals surface area contributed by atoms with Gasteiger partial charge in [-0.3, -0.25) is 24.4 Å². The van der Waals surface area contributed by atoms with Crippen molar-refractivity contribution in [3.8, 4) is 0 Å². The van der Waals surface area contributed by atoms with E-state index in [0.29, 0.717) is 25.7 Å². The normalized spacial score (nSPS) is 17.8. The molecular weight excluding hydrogens is 496 g/mol. The zero-order chi connectivity index (χ0) is 28.7. The van der Waals surface area contributed by atoms with Crippen LogP contribution in [0.3, 0.4) is 0 Å². The molecular formula is C23H44N10O5. The Morgan fingerprint density at radius 3 is 1.95 bits per heavy atom. The Kier molecular flexibility index (Phi) is 14.5. The van der Waals surface area contributed by atoms with Crippen molar-refractivity contribution in [2.75, 3.05) is 19.6 Å². The minimum absolute atomic E-state index is 0.0759. The first-order chi connectivity index (χ1) is 18.0. The van der Waals surface area contributed by atoms with Crippen LogP contribution in [0.2, 0.25) is 0 Å². The first-order valence-corrected chi connectivity index (χ1v) is 12.9. The molecule has 0 aliphatic carbocycles. The van der Waals surface area contributed by atoms with Crippen LogP contribution in [0, 0.1) is 5.92 Å². The number of nitrogens with zero attached hydrogens (tertiary/aromatic N) is 2. The van der Waals surface area contributed by atoms with E-state index in [0.717, 1.165) is 13.0 Å². The molecule has 15 nitrogen and oxygen atoms in total. The molecule has 0 bridgehead atoms. The second-order valence-electron chi connectivity index (χ2n) is 9.38. The average Bonchev–Trinajstić information content (AvgIpc) is 3.40. The Bertz CT molecular complexity index is 852. The second kappa shape index (κ2) is 17.0. The largest absolute Gasteiger partial charge is 0.480 e. The maximum absolute atomic E-state index is 13.3. The molecule has 1 saturated heterocycles. The van der Waals surface area contributed by atoms with Crippen molar-refractivity contribution in [2.24, 2.45) is 38.8 Å². The number of guanidine groups is 2. The fraction of sp³-hybridized carbons (Fsp3) is 0.739. The lowest BCUT2D eigenvalue weighted by atomic mass is 9.97. The average molecular weight is 541 g/mol. The highest BCUT2D eigenvalue weighted by molar-refractivity contribution is 5.94. The molecule has 216 valence electrons. The Morgan fingerprint density at radius 1 is 0.921 bits per heavy atom. The van der Waals surface area contributed by atoms with Crippen molar-refractivity contribution in [3.05, 3.63) is 0 Å². The Balaban J connectivity index is 2.98. The number of hydrogen-bond donors (Lipinski definition) is 9. The Morgan fingerprint density at radius 2 is 1.47 bits per heavy atom. The molecule has 1 aliphatic rings. The third-order valence-electron chi connectivity index (χ3n) is 6.31. The van der Waals surface area contributed by atoms with E-state index in [-0.39, 0.29) is 55.7 Å². The molecule has 3 amide bonds. The molecule has 0 aromatic rings. The van der Waals surface area contributed by atoms with E-state index in [1.807, 2.05) is 13.8 Å². The number of carboxylic acids is 1. The van der Waals surface area contributed by atoms with Gasteiger partial charge in [0, 0.05) is 13.1 Å². The van der Waals surface area contributed by atoms with E-state index in [1.54, 1.807) is 0 Å². The maximum atomic E-state index is 13.3. The van der Waals surface area contributed by atoms with Crippen LogP contribution in [-0.4, -0.2) is 84.5 Å². The van der Waals surface area contributed by atoms with E-state index in [2.05, 4.69) is 31.3 Å². The van der Waals surface area contributed by atoms with Crippen molar-refractivity contribution >= 4 is 35.6 Å². The van der Waals surface area contributed by atoms with Crippen LogP contribution in [0.4, 0.5) is 0 Å². The van der Waals surface area contributed by atoms with Gasteiger partial charge < -0.3 is 49.3 Å². The van der Waals surface area contributed by atoms with Gasteiger partial charge in [-0.2, -0.15) is 0 Å².